The second kappa shape index (κ2) is 16.6. The number of ether oxygens (including phenoxy) is 2. The molecular formula is C17H38N2O3. The topological polar surface area (TPSA) is 59.6 Å². The fourth-order valence-electron chi connectivity index (χ4n) is 1.67. The molecule has 0 aromatic carbocycles. The van der Waals surface area contributed by atoms with Gasteiger partial charge >= 0.3 is 6.03 Å². The Kier molecular flexibility index (Phi) is 17.7. The second-order valence-corrected chi connectivity index (χ2v) is 6.15. The summed E-state index contributed by atoms with van der Waals surface area (Å²) in [5, 5.41) is 5.54. The molecule has 0 fully saturated rings. The zero-order chi connectivity index (χ0) is 15.9. The Morgan fingerprint density at radius 2 is 1.50 bits per heavy atom. The number of urea groups is 1. The van der Waals surface area contributed by atoms with Gasteiger partial charge in [0, 0.05) is 19.7 Å². The molecule has 0 aliphatic rings. The largest absolute Gasteiger partial charge is 0.379 e. The summed E-state index contributed by atoms with van der Waals surface area (Å²) in [5.74, 6) is 1.24. The summed E-state index contributed by atoms with van der Waals surface area (Å²) in [5.41, 5.74) is 0. The fraction of sp³-hybridized carbons (Fsp3) is 0.941. The highest BCUT2D eigenvalue weighted by molar-refractivity contribution is 5.73. The number of carbonyl (C=O) groups is 1. The molecule has 0 atom stereocenters. The summed E-state index contributed by atoms with van der Waals surface area (Å²) >= 11 is 0. The number of carbonyl (C=O) groups excluding carboxylic acids is 1. The van der Waals surface area contributed by atoms with Crippen LogP contribution in [-0.2, 0) is 9.47 Å². The summed E-state index contributed by atoms with van der Waals surface area (Å²) in [6, 6.07) is -0.131. The molecule has 0 aromatic rings. The van der Waals surface area contributed by atoms with Gasteiger partial charge in [-0.1, -0.05) is 48.0 Å². The summed E-state index contributed by atoms with van der Waals surface area (Å²) in [6.07, 6.45) is 3.62. The third-order valence-corrected chi connectivity index (χ3v) is 2.89. The zero-order valence-electron chi connectivity index (χ0n) is 14.2. The first-order chi connectivity index (χ1) is 10.0. The number of rotatable bonds is 13. The molecule has 0 radical (unpaired) electrons. The van der Waals surface area contributed by atoms with Crippen LogP contribution in [0, 0.1) is 11.8 Å². The van der Waals surface area contributed by atoms with Crippen LogP contribution in [0.2, 0.25) is 0 Å². The van der Waals surface area contributed by atoms with Crippen LogP contribution >= 0.6 is 0 Å². The molecule has 2 N–H and O–H groups in total. The van der Waals surface area contributed by atoms with Gasteiger partial charge in [-0.15, -0.1) is 0 Å². The molecule has 0 bridgehead atoms. The highest BCUT2D eigenvalue weighted by Gasteiger charge is 2.00. The van der Waals surface area contributed by atoms with Gasteiger partial charge in [-0.05, 0) is 18.3 Å². The maximum absolute atomic E-state index is 11.3. The molecule has 0 rings (SSSR count). The average Bonchev–Trinajstić information content (AvgIpc) is 2.42. The van der Waals surface area contributed by atoms with Crippen molar-refractivity contribution in [2.45, 2.75) is 54.4 Å². The van der Waals surface area contributed by atoms with E-state index in [0.717, 1.165) is 18.9 Å². The summed E-state index contributed by atoms with van der Waals surface area (Å²) in [7, 11) is 0. The van der Waals surface area contributed by atoms with Crippen molar-refractivity contribution in [3.63, 3.8) is 0 Å². The molecule has 0 saturated carbocycles. The van der Waals surface area contributed by atoms with Crippen LogP contribution in [0.5, 0.6) is 0 Å². The Morgan fingerprint density at radius 3 is 2.09 bits per heavy atom. The van der Waals surface area contributed by atoms with Crippen LogP contribution in [0.4, 0.5) is 4.79 Å². The smallest absolute Gasteiger partial charge is 0.314 e. The SMILES string of the molecule is C.CC(C)CCCCOCCOCCNC(=O)NCC(C)C. The minimum absolute atomic E-state index is 0. The van der Waals surface area contributed by atoms with Gasteiger partial charge in [-0.25, -0.2) is 4.79 Å². The van der Waals surface area contributed by atoms with E-state index in [-0.39, 0.29) is 13.5 Å². The lowest BCUT2D eigenvalue weighted by Gasteiger charge is -2.10. The molecular weight excluding hydrogens is 280 g/mol. The number of amides is 2. The van der Waals surface area contributed by atoms with E-state index in [2.05, 4.69) is 38.3 Å². The predicted octanol–water partition coefficient (Wildman–Crippen LogP) is 3.44. The van der Waals surface area contributed by atoms with Gasteiger partial charge < -0.3 is 20.1 Å². The molecule has 134 valence electrons. The van der Waals surface area contributed by atoms with Gasteiger partial charge in [0.25, 0.3) is 0 Å². The van der Waals surface area contributed by atoms with E-state index in [4.69, 9.17) is 9.47 Å². The van der Waals surface area contributed by atoms with Gasteiger partial charge in [-0.3, -0.25) is 0 Å². The highest BCUT2D eigenvalue weighted by atomic mass is 16.5. The lowest BCUT2D eigenvalue weighted by atomic mass is 10.1. The van der Waals surface area contributed by atoms with Crippen LogP contribution in [0.1, 0.15) is 54.4 Å². The van der Waals surface area contributed by atoms with E-state index in [1.54, 1.807) is 0 Å². The molecule has 0 unspecified atom stereocenters. The number of hydrogen-bond acceptors (Lipinski definition) is 3. The molecule has 5 nitrogen and oxygen atoms in total. The van der Waals surface area contributed by atoms with Crippen molar-refractivity contribution in [2.75, 3.05) is 39.5 Å². The van der Waals surface area contributed by atoms with Gasteiger partial charge in [-0.2, -0.15) is 0 Å². The van der Waals surface area contributed by atoms with Crippen molar-refractivity contribution >= 4 is 6.03 Å². The van der Waals surface area contributed by atoms with Gasteiger partial charge in [0.15, 0.2) is 0 Å². The van der Waals surface area contributed by atoms with E-state index >= 15 is 0 Å². The molecule has 5 heteroatoms. The van der Waals surface area contributed by atoms with E-state index in [9.17, 15) is 4.79 Å². The normalized spacial score (nSPS) is 10.6. The molecule has 0 aliphatic carbocycles. The monoisotopic (exact) mass is 318 g/mol. The summed E-state index contributed by atoms with van der Waals surface area (Å²) < 4.78 is 10.9. The van der Waals surface area contributed by atoms with E-state index < -0.39 is 0 Å². The van der Waals surface area contributed by atoms with E-state index in [1.165, 1.54) is 12.8 Å². The zero-order valence-corrected chi connectivity index (χ0v) is 14.2. The Balaban J connectivity index is 0. The second-order valence-electron chi connectivity index (χ2n) is 6.15. The molecule has 2 amide bonds. The number of unbranched alkanes of at least 4 members (excludes halogenated alkanes) is 1. The minimum Gasteiger partial charge on any atom is -0.379 e. The predicted molar refractivity (Wildman–Crippen MR) is 93.3 cm³/mol. The Bertz CT molecular complexity index is 246. The third kappa shape index (κ3) is 19.2. The first-order valence-electron chi connectivity index (χ1n) is 8.19. The van der Waals surface area contributed by atoms with Gasteiger partial charge in [0.05, 0.1) is 19.8 Å². The standard InChI is InChI=1S/C16H34N2O3.CH4/c1-14(2)7-5-6-9-20-11-12-21-10-8-17-16(19)18-13-15(3)4;/h14-15H,5-13H2,1-4H3,(H2,17,18,19);1H4. The average molecular weight is 319 g/mol. The van der Waals surface area contributed by atoms with Crippen molar-refractivity contribution in [1.82, 2.24) is 10.6 Å². The summed E-state index contributed by atoms with van der Waals surface area (Å²) in [6.45, 7) is 12.4. The number of nitrogens with one attached hydrogen (secondary N) is 2. The van der Waals surface area contributed by atoms with Gasteiger partial charge in [0.1, 0.15) is 0 Å². The first-order valence-corrected chi connectivity index (χ1v) is 8.19. The quantitative estimate of drug-likeness (QED) is 0.511. The van der Waals surface area contributed by atoms with Crippen LogP contribution in [0.15, 0.2) is 0 Å². The van der Waals surface area contributed by atoms with Crippen molar-refractivity contribution < 1.29 is 14.3 Å². The molecule has 0 aliphatic heterocycles. The van der Waals surface area contributed by atoms with E-state index in [0.29, 0.717) is 38.8 Å². The Morgan fingerprint density at radius 1 is 0.864 bits per heavy atom. The lowest BCUT2D eigenvalue weighted by molar-refractivity contribution is 0.0477. The maximum Gasteiger partial charge on any atom is 0.314 e. The van der Waals surface area contributed by atoms with E-state index in [1.807, 2.05) is 0 Å². The lowest BCUT2D eigenvalue weighted by Crippen LogP contribution is -2.39. The molecule has 0 aromatic heterocycles. The molecule has 22 heavy (non-hydrogen) atoms. The third-order valence-electron chi connectivity index (χ3n) is 2.89. The Labute approximate surface area is 137 Å². The van der Waals surface area contributed by atoms with Crippen LogP contribution in [-0.4, -0.2) is 45.5 Å². The highest BCUT2D eigenvalue weighted by Crippen LogP contribution is 2.05. The van der Waals surface area contributed by atoms with Crippen LogP contribution in [0.3, 0.4) is 0 Å². The van der Waals surface area contributed by atoms with Crippen molar-refractivity contribution in [3.8, 4) is 0 Å². The van der Waals surface area contributed by atoms with Crippen LogP contribution < -0.4 is 10.6 Å². The fourth-order valence-corrected chi connectivity index (χ4v) is 1.67. The summed E-state index contributed by atoms with van der Waals surface area (Å²) in [4.78, 5) is 11.3. The molecule has 0 saturated heterocycles. The first kappa shape index (κ1) is 23.5. The van der Waals surface area contributed by atoms with Crippen LogP contribution in [0.25, 0.3) is 0 Å². The Hall–Kier alpha value is -0.810. The maximum atomic E-state index is 11.3. The van der Waals surface area contributed by atoms with Gasteiger partial charge in [0.2, 0.25) is 0 Å². The van der Waals surface area contributed by atoms with Crippen molar-refractivity contribution in [3.05, 3.63) is 0 Å². The molecule has 0 heterocycles. The van der Waals surface area contributed by atoms with Crippen molar-refractivity contribution in [2.24, 2.45) is 11.8 Å². The minimum atomic E-state index is -0.131. The molecule has 0 spiro atoms. The number of hydrogen-bond donors (Lipinski definition) is 2. The van der Waals surface area contributed by atoms with Crippen molar-refractivity contribution in [1.29, 1.82) is 0 Å².